The Balaban J connectivity index is 1.82. The molecule has 0 aromatic heterocycles. The molecule has 0 radical (unpaired) electrons. The van der Waals surface area contributed by atoms with E-state index in [1.165, 1.54) is 28.8 Å². The van der Waals surface area contributed by atoms with Crippen LogP contribution in [0.5, 0.6) is 5.75 Å². The van der Waals surface area contributed by atoms with Crippen molar-refractivity contribution in [3.05, 3.63) is 58.1 Å². The normalized spacial score (nSPS) is 19.1. The van der Waals surface area contributed by atoms with Gasteiger partial charge in [0.15, 0.2) is 5.75 Å². The van der Waals surface area contributed by atoms with Crippen molar-refractivity contribution >= 4 is 10.1 Å². The maximum Gasteiger partial charge on any atom is 0.294 e. The van der Waals surface area contributed by atoms with Gasteiger partial charge in [-0.25, -0.2) is 0 Å². The van der Waals surface area contributed by atoms with Crippen LogP contribution in [0.25, 0.3) is 0 Å². The fourth-order valence-electron chi connectivity index (χ4n) is 4.07. The molecule has 0 saturated heterocycles. The fraction of sp³-hybridized carbons (Fsp3) is 0.400. The Bertz CT molecular complexity index is 953. The van der Waals surface area contributed by atoms with Gasteiger partial charge in [-0.15, -0.1) is 0 Å². The monoisotopic (exact) mass is 389 g/mol. The lowest BCUT2D eigenvalue weighted by Crippen LogP contribution is -2.21. The first-order valence-corrected chi connectivity index (χ1v) is 10.7. The van der Waals surface area contributed by atoms with Gasteiger partial charge in [-0.1, -0.05) is 25.5 Å². The molecular formula is C20H23NO5S. The molecule has 0 spiro atoms. The largest absolute Gasteiger partial charge is 0.337 e. The van der Waals surface area contributed by atoms with Gasteiger partial charge in [0.1, 0.15) is 6.61 Å². The Morgan fingerprint density at radius 3 is 2.74 bits per heavy atom. The van der Waals surface area contributed by atoms with E-state index in [2.05, 4.69) is 18.3 Å². The van der Waals surface area contributed by atoms with Crippen LogP contribution in [-0.4, -0.2) is 26.1 Å². The van der Waals surface area contributed by atoms with Gasteiger partial charge in [0.05, 0.1) is 4.90 Å². The van der Waals surface area contributed by atoms with E-state index in [1.54, 1.807) is 12.1 Å². The quantitative estimate of drug-likeness (QED) is 0.618. The molecule has 2 aromatic rings. The molecule has 144 valence electrons. The zero-order valence-corrected chi connectivity index (χ0v) is 16.0. The Kier molecular flexibility index (Phi) is 4.94. The topological polar surface area (TPSA) is 84.9 Å². The van der Waals surface area contributed by atoms with Crippen LogP contribution in [0.3, 0.4) is 0 Å². The predicted octanol–water partition coefficient (Wildman–Crippen LogP) is 2.99. The lowest BCUT2D eigenvalue weighted by atomic mass is 9.83. The highest BCUT2D eigenvalue weighted by atomic mass is 32.2. The van der Waals surface area contributed by atoms with Gasteiger partial charge in [-0.3, -0.25) is 4.55 Å². The first-order valence-electron chi connectivity index (χ1n) is 9.24. The van der Waals surface area contributed by atoms with E-state index in [4.69, 9.17) is 9.78 Å². The van der Waals surface area contributed by atoms with E-state index in [9.17, 15) is 13.0 Å². The summed E-state index contributed by atoms with van der Waals surface area (Å²) in [4.78, 5) is 10.6. The number of nitrogens with one attached hydrogen (secondary N) is 1. The first-order chi connectivity index (χ1) is 13.0. The summed E-state index contributed by atoms with van der Waals surface area (Å²) in [6, 6.07) is 8.66. The van der Waals surface area contributed by atoms with Gasteiger partial charge in [-0.2, -0.15) is 13.3 Å². The summed E-state index contributed by atoms with van der Waals surface area (Å²) in [5.41, 5.74) is 5.86. The van der Waals surface area contributed by atoms with E-state index in [-0.39, 0.29) is 10.8 Å². The molecule has 1 unspecified atom stereocenters. The maximum absolute atomic E-state index is 11.3. The summed E-state index contributed by atoms with van der Waals surface area (Å²) < 4.78 is 31.9. The maximum atomic E-state index is 11.3. The van der Waals surface area contributed by atoms with E-state index >= 15 is 0 Å². The summed E-state index contributed by atoms with van der Waals surface area (Å²) in [6.07, 6.45) is 2.87. The average Bonchev–Trinajstić information content (AvgIpc) is 3.00. The minimum Gasteiger partial charge on any atom is -0.337 e. The fourth-order valence-corrected chi connectivity index (χ4v) is 4.55. The summed E-state index contributed by atoms with van der Waals surface area (Å²) >= 11 is 0. The van der Waals surface area contributed by atoms with Crippen molar-refractivity contribution in [3.8, 4) is 5.75 Å². The van der Waals surface area contributed by atoms with Gasteiger partial charge in [0.25, 0.3) is 10.1 Å². The number of rotatable bonds is 4. The molecule has 0 fully saturated rings. The van der Waals surface area contributed by atoms with Gasteiger partial charge in [-0.05, 0) is 54.3 Å². The number of fused-ring (bicyclic) bond motifs is 2. The van der Waals surface area contributed by atoms with Crippen molar-refractivity contribution in [2.24, 2.45) is 0 Å². The summed E-state index contributed by atoms with van der Waals surface area (Å²) in [7, 11) is -4.19. The van der Waals surface area contributed by atoms with E-state index in [1.807, 2.05) is 0 Å². The Labute approximate surface area is 159 Å². The minimum absolute atomic E-state index is 0.0875. The molecule has 2 aliphatic heterocycles. The molecule has 2 aliphatic rings. The zero-order valence-electron chi connectivity index (χ0n) is 15.2. The SMILES string of the molecule is CCCc1c2c(cc3c1OOC3)C(c1ccc(S(=O)(=O)O)cc1)CNCC2. The van der Waals surface area contributed by atoms with Crippen LogP contribution in [-0.2, 0) is 34.5 Å². The third-order valence-electron chi connectivity index (χ3n) is 5.32. The summed E-state index contributed by atoms with van der Waals surface area (Å²) in [5.74, 6) is 0.970. The molecule has 7 heteroatoms. The second-order valence-corrected chi connectivity index (χ2v) is 8.48. The van der Waals surface area contributed by atoms with E-state index in [0.29, 0.717) is 6.61 Å². The van der Waals surface area contributed by atoms with Crippen LogP contribution in [0.4, 0.5) is 0 Å². The molecule has 0 bridgehead atoms. The third kappa shape index (κ3) is 3.48. The molecule has 0 aliphatic carbocycles. The summed E-state index contributed by atoms with van der Waals surface area (Å²) in [6.45, 7) is 4.25. The van der Waals surface area contributed by atoms with E-state index in [0.717, 1.165) is 49.2 Å². The Hall–Kier alpha value is -1.93. The second-order valence-electron chi connectivity index (χ2n) is 7.06. The zero-order chi connectivity index (χ0) is 19.0. The van der Waals surface area contributed by atoms with Crippen LogP contribution < -0.4 is 10.2 Å². The smallest absolute Gasteiger partial charge is 0.294 e. The van der Waals surface area contributed by atoms with Crippen molar-refractivity contribution in [3.63, 3.8) is 0 Å². The van der Waals surface area contributed by atoms with Gasteiger partial charge in [0, 0.05) is 23.6 Å². The van der Waals surface area contributed by atoms with Crippen LogP contribution in [0, 0.1) is 0 Å². The van der Waals surface area contributed by atoms with Crippen molar-refractivity contribution < 1.29 is 22.7 Å². The van der Waals surface area contributed by atoms with Crippen LogP contribution in [0.1, 0.15) is 47.1 Å². The Morgan fingerprint density at radius 1 is 1.26 bits per heavy atom. The van der Waals surface area contributed by atoms with Crippen molar-refractivity contribution in [2.45, 2.75) is 43.6 Å². The highest BCUT2D eigenvalue weighted by Gasteiger charge is 2.29. The standard InChI is InChI=1S/C20H23NO5S/c1-2-3-17-16-8-9-21-11-19(18(16)10-14-12-25-26-20(14)17)13-4-6-15(7-5-13)27(22,23)24/h4-7,10,19,21H,2-3,8-9,11-12H2,1H3,(H,22,23,24). The van der Waals surface area contributed by atoms with Gasteiger partial charge < -0.3 is 10.2 Å². The number of benzene rings is 2. The van der Waals surface area contributed by atoms with Crippen molar-refractivity contribution in [1.29, 1.82) is 0 Å². The van der Waals surface area contributed by atoms with E-state index < -0.39 is 10.1 Å². The molecule has 2 aromatic carbocycles. The highest BCUT2D eigenvalue weighted by Crippen LogP contribution is 2.41. The summed E-state index contributed by atoms with van der Waals surface area (Å²) in [5, 5.41) is 3.49. The second kappa shape index (κ2) is 7.24. The molecule has 0 saturated carbocycles. The highest BCUT2D eigenvalue weighted by molar-refractivity contribution is 7.85. The van der Waals surface area contributed by atoms with Crippen molar-refractivity contribution in [2.75, 3.05) is 13.1 Å². The van der Waals surface area contributed by atoms with Crippen LogP contribution in [0.2, 0.25) is 0 Å². The lowest BCUT2D eigenvalue weighted by Gasteiger charge is -2.21. The molecule has 27 heavy (non-hydrogen) atoms. The number of hydrogen-bond donors (Lipinski definition) is 2. The molecule has 4 rings (SSSR count). The average molecular weight is 389 g/mol. The molecule has 2 heterocycles. The predicted molar refractivity (Wildman–Crippen MR) is 101 cm³/mol. The molecule has 2 N–H and O–H groups in total. The van der Waals surface area contributed by atoms with Gasteiger partial charge >= 0.3 is 0 Å². The molecule has 0 amide bonds. The van der Waals surface area contributed by atoms with Crippen LogP contribution in [0.15, 0.2) is 35.2 Å². The lowest BCUT2D eigenvalue weighted by molar-refractivity contribution is -0.195. The minimum atomic E-state index is -4.19. The molecule has 1 atom stereocenters. The van der Waals surface area contributed by atoms with Gasteiger partial charge in [0.2, 0.25) is 0 Å². The Morgan fingerprint density at radius 2 is 2.04 bits per heavy atom. The molecule has 6 nitrogen and oxygen atoms in total. The number of hydrogen-bond acceptors (Lipinski definition) is 5. The molecular weight excluding hydrogens is 366 g/mol. The third-order valence-corrected chi connectivity index (χ3v) is 6.19. The van der Waals surface area contributed by atoms with Crippen molar-refractivity contribution in [1.82, 2.24) is 5.32 Å². The first kappa shape index (κ1) is 18.4. The van der Waals surface area contributed by atoms with Crippen LogP contribution >= 0.6 is 0 Å².